The van der Waals surface area contributed by atoms with Crippen molar-refractivity contribution in [1.29, 1.82) is 0 Å². The summed E-state index contributed by atoms with van der Waals surface area (Å²) in [7, 11) is -4.94. The molecule has 3 atom stereocenters. The first-order chi connectivity index (χ1) is 14.2. The SMILES string of the molecule is CCOC1(c2ccoc2)CC2(C)c3ccccc3C1c1cccc[n+]12.[O-][Cl+3]([O-])([O-])[O-]. The highest BCUT2D eigenvalue weighted by Crippen LogP contribution is 2.58. The second-order valence-corrected chi connectivity index (χ2v) is 8.43. The standard InChI is InChI=1S/C22H22NO2.ClHO4/c1-3-25-22(16-11-13-24-14-16)15-21(2)18-9-5-4-8-17(18)20(22)19-10-6-7-12-23(19)21;2-1(3,4)5/h4-14,20H,3,15H2,1-2H3;(H,2,3,4,5)/q+1;/p-1. The van der Waals surface area contributed by atoms with Crippen LogP contribution >= 0.6 is 0 Å². The van der Waals surface area contributed by atoms with Crippen LogP contribution in [-0.4, -0.2) is 6.61 Å². The van der Waals surface area contributed by atoms with E-state index in [9.17, 15) is 0 Å². The van der Waals surface area contributed by atoms with Crippen LogP contribution < -0.4 is 23.2 Å². The molecule has 0 saturated carbocycles. The summed E-state index contributed by atoms with van der Waals surface area (Å²) < 4.78 is 48.4. The van der Waals surface area contributed by atoms with Crippen molar-refractivity contribution in [3.05, 3.63) is 89.6 Å². The average Bonchev–Trinajstić information content (AvgIpc) is 3.23. The number of nitrogens with zero attached hydrogens (tertiary/aromatic N) is 1. The molecule has 1 aliphatic carbocycles. The zero-order valence-electron chi connectivity index (χ0n) is 16.6. The van der Waals surface area contributed by atoms with Crippen LogP contribution in [0.15, 0.2) is 71.7 Å². The second-order valence-electron chi connectivity index (χ2n) is 7.68. The van der Waals surface area contributed by atoms with E-state index in [1.54, 1.807) is 6.26 Å². The number of benzene rings is 1. The molecule has 0 spiro atoms. The molecule has 2 bridgehead atoms. The Morgan fingerprint density at radius 2 is 1.80 bits per heavy atom. The Labute approximate surface area is 176 Å². The molecule has 158 valence electrons. The van der Waals surface area contributed by atoms with E-state index in [0.717, 1.165) is 12.0 Å². The first-order valence-electron chi connectivity index (χ1n) is 9.59. The molecule has 0 amide bonds. The van der Waals surface area contributed by atoms with Gasteiger partial charge in [-0.3, -0.25) is 0 Å². The zero-order chi connectivity index (χ0) is 21.6. The predicted molar refractivity (Wildman–Crippen MR) is 94.3 cm³/mol. The van der Waals surface area contributed by atoms with Gasteiger partial charge in [-0.05, 0) is 18.6 Å². The van der Waals surface area contributed by atoms with Gasteiger partial charge in [-0.1, -0.05) is 30.3 Å². The molecule has 3 aliphatic rings. The minimum Gasteiger partial charge on any atom is -0.472 e. The van der Waals surface area contributed by atoms with Crippen molar-refractivity contribution < 1.29 is 42.6 Å². The minimum atomic E-state index is -4.94. The molecule has 2 aliphatic heterocycles. The average molecular weight is 432 g/mol. The maximum atomic E-state index is 8.49. The Morgan fingerprint density at radius 3 is 2.47 bits per heavy atom. The van der Waals surface area contributed by atoms with Crippen LogP contribution in [0.5, 0.6) is 0 Å². The smallest absolute Gasteiger partial charge is 0.194 e. The lowest BCUT2D eigenvalue weighted by Gasteiger charge is -2.52. The van der Waals surface area contributed by atoms with Crippen LogP contribution in [0.1, 0.15) is 48.6 Å². The largest absolute Gasteiger partial charge is 0.472 e. The molecule has 8 heteroatoms. The molecular formula is C22H22ClNO6. The molecule has 6 rings (SSSR count). The summed E-state index contributed by atoms with van der Waals surface area (Å²) in [6, 6.07) is 17.4. The van der Waals surface area contributed by atoms with Crippen molar-refractivity contribution in [2.24, 2.45) is 0 Å². The lowest BCUT2D eigenvalue weighted by Crippen LogP contribution is -2.69. The van der Waals surface area contributed by atoms with Crippen LogP contribution in [0.2, 0.25) is 0 Å². The Kier molecular flexibility index (Phi) is 5.22. The Morgan fingerprint density at radius 1 is 1.10 bits per heavy atom. The minimum absolute atomic E-state index is 0.144. The Bertz CT molecular complexity index is 979. The molecule has 0 N–H and O–H groups in total. The van der Waals surface area contributed by atoms with Crippen molar-refractivity contribution in [2.45, 2.75) is 37.3 Å². The second kappa shape index (κ2) is 7.46. The summed E-state index contributed by atoms with van der Waals surface area (Å²) in [4.78, 5) is 0. The van der Waals surface area contributed by atoms with Crippen LogP contribution in [0, 0.1) is 10.2 Å². The van der Waals surface area contributed by atoms with Crippen LogP contribution in [0.4, 0.5) is 0 Å². The van der Waals surface area contributed by atoms with E-state index in [1.165, 1.54) is 16.8 Å². The number of aromatic nitrogens is 1. The molecule has 30 heavy (non-hydrogen) atoms. The van der Waals surface area contributed by atoms with Crippen molar-refractivity contribution in [2.75, 3.05) is 6.61 Å². The van der Waals surface area contributed by atoms with Crippen LogP contribution in [-0.2, 0) is 15.9 Å². The fraction of sp³-hybridized carbons (Fsp3) is 0.318. The first-order valence-corrected chi connectivity index (χ1v) is 10.8. The topological polar surface area (TPSA) is 118 Å². The van der Waals surface area contributed by atoms with Crippen LogP contribution in [0.3, 0.4) is 0 Å². The van der Waals surface area contributed by atoms with Crippen molar-refractivity contribution >= 4 is 0 Å². The van der Waals surface area contributed by atoms with Gasteiger partial charge in [0.2, 0.25) is 0 Å². The number of furan rings is 1. The van der Waals surface area contributed by atoms with E-state index in [2.05, 4.69) is 73.1 Å². The monoisotopic (exact) mass is 431 g/mol. The fourth-order valence-corrected chi connectivity index (χ4v) is 5.20. The van der Waals surface area contributed by atoms with Gasteiger partial charge in [0, 0.05) is 36.8 Å². The molecule has 3 unspecified atom stereocenters. The maximum Gasteiger partial charge on any atom is 0.194 e. The number of rotatable bonds is 3. The molecule has 2 aromatic heterocycles. The Hall–Kier alpha value is -2.26. The van der Waals surface area contributed by atoms with Gasteiger partial charge in [-0.25, -0.2) is 18.6 Å². The molecule has 0 saturated heterocycles. The van der Waals surface area contributed by atoms with E-state index < -0.39 is 15.8 Å². The first kappa shape index (κ1) is 21.0. The van der Waals surface area contributed by atoms with E-state index in [0.29, 0.717) is 6.61 Å². The normalized spacial score (nSPS) is 26.4. The van der Waals surface area contributed by atoms with Crippen molar-refractivity contribution in [3.8, 4) is 0 Å². The summed E-state index contributed by atoms with van der Waals surface area (Å²) in [5, 5.41) is 0. The number of hydrogen-bond acceptors (Lipinski definition) is 6. The summed E-state index contributed by atoms with van der Waals surface area (Å²) >= 11 is 0. The molecule has 0 fully saturated rings. The van der Waals surface area contributed by atoms with Gasteiger partial charge in [0.15, 0.2) is 17.4 Å². The van der Waals surface area contributed by atoms with E-state index in [-0.39, 0.29) is 11.5 Å². The zero-order valence-corrected chi connectivity index (χ0v) is 17.4. The number of halogens is 1. The summed E-state index contributed by atoms with van der Waals surface area (Å²) in [6.07, 6.45) is 6.72. The number of hydrogen-bond donors (Lipinski definition) is 0. The highest BCUT2D eigenvalue weighted by atomic mass is 35.7. The molecule has 3 aromatic rings. The van der Waals surface area contributed by atoms with Gasteiger partial charge >= 0.3 is 0 Å². The third-order valence-electron chi connectivity index (χ3n) is 6.06. The van der Waals surface area contributed by atoms with E-state index >= 15 is 0 Å². The lowest BCUT2D eigenvalue weighted by atomic mass is 9.58. The fourth-order valence-electron chi connectivity index (χ4n) is 5.20. The highest BCUT2D eigenvalue weighted by Gasteiger charge is 2.64. The maximum absolute atomic E-state index is 8.49. The third kappa shape index (κ3) is 3.33. The van der Waals surface area contributed by atoms with Crippen LogP contribution in [0.25, 0.3) is 0 Å². The molecule has 4 heterocycles. The van der Waals surface area contributed by atoms with Gasteiger partial charge in [0.25, 0.3) is 0 Å². The molecule has 1 aromatic carbocycles. The van der Waals surface area contributed by atoms with E-state index in [4.69, 9.17) is 27.8 Å². The van der Waals surface area contributed by atoms with Crippen molar-refractivity contribution in [1.82, 2.24) is 0 Å². The van der Waals surface area contributed by atoms with Gasteiger partial charge in [-0.15, -0.1) is 10.2 Å². The van der Waals surface area contributed by atoms with Gasteiger partial charge in [-0.2, -0.15) is 4.57 Å². The lowest BCUT2D eigenvalue weighted by molar-refractivity contribution is -2.00. The van der Waals surface area contributed by atoms with E-state index in [1.807, 2.05) is 6.26 Å². The van der Waals surface area contributed by atoms with Crippen molar-refractivity contribution in [3.63, 3.8) is 0 Å². The third-order valence-corrected chi connectivity index (χ3v) is 6.06. The summed E-state index contributed by atoms with van der Waals surface area (Å²) in [5.41, 5.74) is 4.68. The molecule has 7 nitrogen and oxygen atoms in total. The highest BCUT2D eigenvalue weighted by molar-refractivity contribution is 5.49. The molecule has 0 radical (unpaired) electrons. The number of pyridine rings is 1. The summed E-state index contributed by atoms with van der Waals surface area (Å²) in [6.45, 7) is 5.09. The van der Waals surface area contributed by atoms with Gasteiger partial charge in [0.05, 0.1) is 18.9 Å². The number of ether oxygens (including phenoxy) is 1. The quantitative estimate of drug-likeness (QED) is 0.509. The predicted octanol–water partition coefficient (Wildman–Crippen LogP) is -0.644. The summed E-state index contributed by atoms with van der Waals surface area (Å²) in [5.74, 6) is 0.157. The Balaban J connectivity index is 0.000000393. The molecular weight excluding hydrogens is 410 g/mol. The van der Waals surface area contributed by atoms with Gasteiger partial charge in [0.1, 0.15) is 11.5 Å². The number of fused-ring (bicyclic) bond motifs is 1. The van der Waals surface area contributed by atoms with Gasteiger partial charge < -0.3 is 9.15 Å².